The Morgan fingerprint density at radius 1 is 0.889 bits per heavy atom. The molecule has 4 atom stereocenters. The molecule has 1 aliphatic rings. The van der Waals surface area contributed by atoms with Crippen molar-refractivity contribution < 1.29 is 28.7 Å². The molecule has 3 aromatic rings. The van der Waals surface area contributed by atoms with E-state index in [4.69, 9.17) is 4.74 Å². The number of carbonyl (C=O) groups excluding carboxylic acids is 5. The van der Waals surface area contributed by atoms with Crippen LogP contribution in [0.5, 0.6) is 0 Å². The third-order valence-electron chi connectivity index (χ3n) is 7.63. The van der Waals surface area contributed by atoms with Gasteiger partial charge in [-0.1, -0.05) is 50.2 Å². The van der Waals surface area contributed by atoms with Crippen LogP contribution in [0.2, 0.25) is 0 Å². The second-order valence-corrected chi connectivity index (χ2v) is 11.5. The molecule has 2 aromatic carbocycles. The van der Waals surface area contributed by atoms with Gasteiger partial charge in [-0.3, -0.25) is 24.2 Å². The van der Waals surface area contributed by atoms with E-state index in [9.17, 15) is 24.0 Å². The summed E-state index contributed by atoms with van der Waals surface area (Å²) in [5, 5.41) is 11.7. The van der Waals surface area contributed by atoms with Crippen molar-refractivity contribution in [3.05, 3.63) is 72.4 Å². The molecule has 0 bridgehead atoms. The van der Waals surface area contributed by atoms with E-state index in [2.05, 4.69) is 26.3 Å². The molecule has 1 aliphatic heterocycles. The Labute approximate surface area is 262 Å². The number of likely N-dealkylation sites (tertiary alicyclic amines) is 1. The molecule has 12 heteroatoms. The van der Waals surface area contributed by atoms with Gasteiger partial charge in [-0.2, -0.15) is 0 Å². The van der Waals surface area contributed by atoms with Gasteiger partial charge in [0.05, 0.1) is 5.52 Å². The third kappa shape index (κ3) is 8.78. The lowest BCUT2D eigenvalue weighted by atomic mass is 10.0. The summed E-state index contributed by atoms with van der Waals surface area (Å²) in [7, 11) is 0. The molecular formula is C33H40N6O6. The fourth-order valence-electron chi connectivity index (χ4n) is 5.12. The summed E-state index contributed by atoms with van der Waals surface area (Å²) >= 11 is 0. The predicted molar refractivity (Wildman–Crippen MR) is 169 cm³/mol. The minimum Gasteiger partial charge on any atom is -0.445 e. The van der Waals surface area contributed by atoms with Crippen molar-refractivity contribution in [1.82, 2.24) is 25.8 Å². The number of nitrogens with one attached hydrogen (secondary N) is 4. The molecule has 1 aromatic heterocycles. The van der Waals surface area contributed by atoms with E-state index in [0.29, 0.717) is 25.1 Å². The van der Waals surface area contributed by atoms with Crippen LogP contribution in [0.1, 0.15) is 46.1 Å². The minimum absolute atomic E-state index is 0.0504. The average Bonchev–Trinajstić information content (AvgIpc) is 3.52. The molecular weight excluding hydrogens is 576 g/mol. The minimum atomic E-state index is -0.967. The zero-order chi connectivity index (χ0) is 32.5. The highest BCUT2D eigenvalue weighted by Crippen LogP contribution is 2.21. The van der Waals surface area contributed by atoms with Crippen LogP contribution in [0.4, 0.5) is 10.5 Å². The molecule has 2 heterocycles. The van der Waals surface area contributed by atoms with Crippen LogP contribution in [-0.4, -0.2) is 70.3 Å². The van der Waals surface area contributed by atoms with E-state index in [1.165, 1.54) is 18.7 Å². The Morgan fingerprint density at radius 3 is 2.38 bits per heavy atom. The van der Waals surface area contributed by atoms with Crippen molar-refractivity contribution >= 4 is 46.3 Å². The normalized spacial score (nSPS) is 16.4. The van der Waals surface area contributed by atoms with Gasteiger partial charge in [0, 0.05) is 23.8 Å². The fourth-order valence-corrected chi connectivity index (χ4v) is 5.12. The molecule has 5 amide bonds. The van der Waals surface area contributed by atoms with E-state index in [0.717, 1.165) is 16.5 Å². The Balaban J connectivity index is 1.30. The number of benzene rings is 2. The molecule has 1 saturated heterocycles. The molecule has 0 unspecified atom stereocenters. The van der Waals surface area contributed by atoms with E-state index < -0.39 is 48.0 Å². The van der Waals surface area contributed by atoms with Crippen molar-refractivity contribution in [3.8, 4) is 0 Å². The van der Waals surface area contributed by atoms with Gasteiger partial charge in [0.2, 0.25) is 23.6 Å². The highest BCUT2D eigenvalue weighted by molar-refractivity contribution is 6.00. The number of aromatic nitrogens is 1. The first kappa shape index (κ1) is 32.9. The summed E-state index contributed by atoms with van der Waals surface area (Å²) in [5.74, 6) is -2.05. The number of ether oxygens (including phenoxy) is 1. The van der Waals surface area contributed by atoms with Crippen molar-refractivity contribution in [2.75, 3.05) is 11.9 Å². The molecule has 238 valence electrons. The molecule has 45 heavy (non-hydrogen) atoms. The highest BCUT2D eigenvalue weighted by Gasteiger charge is 2.38. The van der Waals surface area contributed by atoms with Crippen LogP contribution >= 0.6 is 0 Å². The third-order valence-corrected chi connectivity index (χ3v) is 7.63. The number of anilines is 1. The number of hydrogen-bond donors (Lipinski definition) is 4. The second-order valence-electron chi connectivity index (χ2n) is 11.5. The number of hydrogen-bond acceptors (Lipinski definition) is 7. The van der Waals surface area contributed by atoms with Gasteiger partial charge in [-0.25, -0.2) is 4.79 Å². The first-order chi connectivity index (χ1) is 21.5. The molecule has 12 nitrogen and oxygen atoms in total. The van der Waals surface area contributed by atoms with Crippen LogP contribution in [0, 0.1) is 5.92 Å². The van der Waals surface area contributed by atoms with Crippen LogP contribution in [0.15, 0.2) is 66.9 Å². The van der Waals surface area contributed by atoms with Gasteiger partial charge >= 0.3 is 6.09 Å². The lowest BCUT2D eigenvalue weighted by Crippen LogP contribution is -2.57. The summed E-state index contributed by atoms with van der Waals surface area (Å²) in [5.41, 5.74) is 2.18. The van der Waals surface area contributed by atoms with E-state index >= 15 is 0 Å². The monoisotopic (exact) mass is 616 g/mol. The Hall–Kier alpha value is -5.00. The van der Waals surface area contributed by atoms with Crippen LogP contribution in [-0.2, 0) is 30.5 Å². The Bertz CT molecular complexity index is 1530. The lowest BCUT2D eigenvalue weighted by molar-refractivity contribution is -0.141. The quantitative estimate of drug-likeness (QED) is 0.258. The summed E-state index contributed by atoms with van der Waals surface area (Å²) < 4.78 is 5.16. The summed E-state index contributed by atoms with van der Waals surface area (Å²) in [6.07, 6.45) is 1.95. The highest BCUT2D eigenvalue weighted by atomic mass is 16.5. The van der Waals surface area contributed by atoms with Crippen LogP contribution in [0.25, 0.3) is 10.9 Å². The number of carbonyl (C=O) groups is 5. The van der Waals surface area contributed by atoms with Gasteiger partial charge in [0.25, 0.3) is 0 Å². The number of fused-ring (bicyclic) bond motifs is 1. The lowest BCUT2D eigenvalue weighted by Gasteiger charge is -2.29. The zero-order valence-electron chi connectivity index (χ0n) is 25.9. The molecule has 1 fully saturated rings. The van der Waals surface area contributed by atoms with Gasteiger partial charge in [-0.15, -0.1) is 0 Å². The van der Waals surface area contributed by atoms with E-state index in [1.807, 2.05) is 68.4 Å². The van der Waals surface area contributed by atoms with E-state index in [-0.39, 0.29) is 18.4 Å². The molecule has 0 saturated carbocycles. The number of amides is 5. The number of pyridine rings is 1. The number of nitrogens with zero attached hydrogens (tertiary/aromatic N) is 2. The molecule has 0 spiro atoms. The van der Waals surface area contributed by atoms with Crippen LogP contribution < -0.4 is 21.3 Å². The maximum absolute atomic E-state index is 13.4. The number of rotatable bonds is 11. The van der Waals surface area contributed by atoms with Gasteiger partial charge < -0.3 is 30.9 Å². The fraction of sp³-hybridized carbons (Fsp3) is 0.394. The van der Waals surface area contributed by atoms with Gasteiger partial charge in [0.15, 0.2) is 0 Å². The zero-order valence-corrected chi connectivity index (χ0v) is 25.9. The molecule has 0 aliphatic carbocycles. The maximum atomic E-state index is 13.4. The van der Waals surface area contributed by atoms with Gasteiger partial charge in [0.1, 0.15) is 30.8 Å². The summed E-state index contributed by atoms with van der Waals surface area (Å²) in [6, 6.07) is 14.7. The van der Waals surface area contributed by atoms with Crippen LogP contribution in [0.3, 0.4) is 0 Å². The largest absolute Gasteiger partial charge is 0.445 e. The first-order valence-electron chi connectivity index (χ1n) is 15.1. The molecule has 4 N–H and O–H groups in total. The smallest absolute Gasteiger partial charge is 0.408 e. The average molecular weight is 617 g/mol. The van der Waals surface area contributed by atoms with Gasteiger partial charge in [-0.05, 0) is 62.4 Å². The standard InChI is InChI=1S/C33H40N6O6/c1-20(2)28(31(42)37-25-14-15-26-24(18-25)12-8-16-34-26)38-30(41)27-13-9-17-39(27)32(43)22(4)35-29(40)21(3)36-33(44)45-19-23-10-6-5-7-11-23/h5-8,10-12,14-16,18,20-22,27-28H,9,13,17,19H2,1-4H3,(H,35,40)(H,36,44)(H,37,42)(H,38,41)/t21-,22-,27-,28-/m0/s1. The SMILES string of the molecule is CC(C)[C@H](NC(=O)[C@@H]1CCCN1C(=O)[C@H](C)NC(=O)[C@H](C)NC(=O)OCc1ccccc1)C(=O)Nc1ccc2ncccc2c1. The summed E-state index contributed by atoms with van der Waals surface area (Å²) in [4.78, 5) is 70.6. The topological polar surface area (TPSA) is 159 Å². The van der Waals surface area contributed by atoms with Crippen molar-refractivity contribution in [2.24, 2.45) is 5.92 Å². The van der Waals surface area contributed by atoms with Crippen molar-refractivity contribution in [3.63, 3.8) is 0 Å². The van der Waals surface area contributed by atoms with E-state index in [1.54, 1.807) is 12.3 Å². The maximum Gasteiger partial charge on any atom is 0.408 e. The van der Waals surface area contributed by atoms with Crippen molar-refractivity contribution in [1.29, 1.82) is 0 Å². The Morgan fingerprint density at radius 2 is 1.64 bits per heavy atom. The predicted octanol–water partition coefficient (Wildman–Crippen LogP) is 3.12. The summed E-state index contributed by atoms with van der Waals surface area (Å²) in [6.45, 7) is 7.05. The molecule has 4 rings (SSSR count). The molecule has 0 radical (unpaired) electrons. The Kier molecular flexibility index (Phi) is 11.1. The van der Waals surface area contributed by atoms with Crippen molar-refractivity contribution in [2.45, 2.75) is 71.3 Å². The second kappa shape index (κ2) is 15.1. The first-order valence-corrected chi connectivity index (χ1v) is 15.1. The number of alkyl carbamates (subject to hydrolysis) is 1.